The van der Waals surface area contributed by atoms with Gasteiger partial charge in [0.2, 0.25) is 0 Å². The summed E-state index contributed by atoms with van der Waals surface area (Å²) in [5.41, 5.74) is 1.21. The van der Waals surface area contributed by atoms with Gasteiger partial charge in [0.25, 0.3) is 5.69 Å². The Labute approximate surface area is 134 Å². The molecule has 0 aliphatic carbocycles. The van der Waals surface area contributed by atoms with Crippen LogP contribution in [-0.2, 0) is 6.54 Å². The van der Waals surface area contributed by atoms with Crippen LogP contribution in [0.4, 0.5) is 24.5 Å². The zero-order chi connectivity index (χ0) is 16.9. The van der Waals surface area contributed by atoms with E-state index in [4.69, 9.17) is 0 Å². The molecule has 0 heterocycles. The van der Waals surface area contributed by atoms with Crippen LogP contribution < -0.4 is 5.32 Å². The topological polar surface area (TPSA) is 55.2 Å². The Balaban J connectivity index is 2.06. The summed E-state index contributed by atoms with van der Waals surface area (Å²) in [6.45, 7) is 0.283. The van der Waals surface area contributed by atoms with Gasteiger partial charge in [0, 0.05) is 29.3 Å². The summed E-state index contributed by atoms with van der Waals surface area (Å²) in [6.07, 6.45) is -4.24. The first-order valence-corrected chi connectivity index (χ1v) is 7.59. The quantitative estimate of drug-likeness (QED) is 0.463. The zero-order valence-corrected chi connectivity index (χ0v) is 12.7. The molecule has 0 spiro atoms. The van der Waals surface area contributed by atoms with Crippen molar-refractivity contribution in [2.45, 2.75) is 17.6 Å². The molecule has 1 N–H and O–H groups in total. The number of rotatable bonds is 6. The van der Waals surface area contributed by atoms with Gasteiger partial charge >= 0.3 is 6.18 Å². The maximum absolute atomic E-state index is 12.3. The molecule has 0 saturated heterocycles. The van der Waals surface area contributed by atoms with Crippen LogP contribution in [0.5, 0.6) is 0 Å². The smallest absolute Gasteiger partial charge is 0.380 e. The van der Waals surface area contributed by atoms with E-state index in [2.05, 4.69) is 5.32 Å². The molecule has 0 bridgehead atoms. The number of nitrogens with one attached hydrogen (secondary N) is 1. The molecular weight excluding hydrogens is 329 g/mol. The Kier molecular flexibility index (Phi) is 5.49. The summed E-state index contributed by atoms with van der Waals surface area (Å²) in [5, 5.41) is 13.8. The number of halogens is 3. The number of nitrogens with zero attached hydrogens (tertiary/aromatic N) is 1. The van der Waals surface area contributed by atoms with Gasteiger partial charge in [-0.15, -0.1) is 11.8 Å². The molecule has 23 heavy (non-hydrogen) atoms. The minimum Gasteiger partial charge on any atom is -0.380 e. The van der Waals surface area contributed by atoms with E-state index in [1.165, 1.54) is 12.1 Å². The Hall–Kier alpha value is -2.22. The van der Waals surface area contributed by atoms with Crippen molar-refractivity contribution in [2.75, 3.05) is 11.1 Å². The van der Waals surface area contributed by atoms with E-state index in [1.807, 2.05) is 0 Å². The van der Waals surface area contributed by atoms with E-state index in [0.717, 1.165) is 0 Å². The molecule has 0 aliphatic heterocycles. The fraction of sp³-hybridized carbons (Fsp3) is 0.200. The first kappa shape index (κ1) is 17.1. The number of nitro groups is 1. The lowest BCUT2D eigenvalue weighted by atomic mass is 10.2. The van der Waals surface area contributed by atoms with E-state index in [0.29, 0.717) is 27.9 Å². The second-order valence-corrected chi connectivity index (χ2v) is 5.70. The van der Waals surface area contributed by atoms with Gasteiger partial charge in [-0.25, -0.2) is 0 Å². The van der Waals surface area contributed by atoms with Crippen LogP contribution in [0, 0.1) is 10.1 Å². The van der Waals surface area contributed by atoms with Crippen molar-refractivity contribution in [1.29, 1.82) is 0 Å². The average Bonchev–Trinajstić information content (AvgIpc) is 2.51. The van der Waals surface area contributed by atoms with E-state index in [9.17, 15) is 23.3 Å². The maximum atomic E-state index is 12.3. The molecule has 0 fully saturated rings. The molecule has 0 aromatic heterocycles. The van der Waals surface area contributed by atoms with Crippen molar-refractivity contribution in [3.8, 4) is 0 Å². The molecule has 0 unspecified atom stereocenters. The zero-order valence-electron chi connectivity index (χ0n) is 11.8. The van der Waals surface area contributed by atoms with Crippen LogP contribution in [0.2, 0.25) is 0 Å². The van der Waals surface area contributed by atoms with Gasteiger partial charge in [-0.1, -0.05) is 24.3 Å². The molecule has 0 radical (unpaired) electrons. The molecule has 122 valence electrons. The summed E-state index contributed by atoms with van der Waals surface area (Å²) in [5.74, 6) is -0.970. The molecular formula is C15H13F3N2O2S. The fourth-order valence-electron chi connectivity index (χ4n) is 1.88. The van der Waals surface area contributed by atoms with Crippen molar-refractivity contribution in [3.63, 3.8) is 0 Å². The van der Waals surface area contributed by atoms with E-state index in [1.54, 1.807) is 36.4 Å². The Morgan fingerprint density at radius 2 is 1.87 bits per heavy atom. The number of nitro benzene ring substituents is 1. The van der Waals surface area contributed by atoms with Crippen LogP contribution in [0.15, 0.2) is 53.4 Å². The summed E-state index contributed by atoms with van der Waals surface area (Å²) in [4.78, 5) is 10.7. The van der Waals surface area contributed by atoms with Crippen molar-refractivity contribution < 1.29 is 18.1 Å². The summed E-state index contributed by atoms with van der Waals surface area (Å²) in [6, 6.07) is 12.8. The predicted molar refractivity (Wildman–Crippen MR) is 83.6 cm³/mol. The largest absolute Gasteiger partial charge is 0.398 e. The lowest BCUT2D eigenvalue weighted by molar-refractivity contribution is -0.384. The van der Waals surface area contributed by atoms with Crippen LogP contribution >= 0.6 is 11.8 Å². The highest BCUT2D eigenvalue weighted by Gasteiger charge is 2.27. The second kappa shape index (κ2) is 7.36. The van der Waals surface area contributed by atoms with Crippen molar-refractivity contribution in [1.82, 2.24) is 0 Å². The lowest BCUT2D eigenvalue weighted by Crippen LogP contribution is -2.11. The summed E-state index contributed by atoms with van der Waals surface area (Å²) >= 11 is 0.701. The molecule has 0 saturated carbocycles. The number of thioether (sulfide) groups is 1. The Morgan fingerprint density at radius 1 is 1.13 bits per heavy atom. The molecule has 2 aromatic carbocycles. The standard InChI is InChI=1S/C15H13F3N2O2S/c16-15(17,18)10-23-14-7-2-1-6-13(14)19-9-11-4-3-5-12(8-11)20(21)22/h1-8,19H,9-10H2. The lowest BCUT2D eigenvalue weighted by Gasteiger charge is -2.12. The predicted octanol–water partition coefficient (Wildman–Crippen LogP) is 4.86. The normalized spacial score (nSPS) is 11.3. The van der Waals surface area contributed by atoms with E-state index >= 15 is 0 Å². The molecule has 2 aromatic rings. The van der Waals surface area contributed by atoms with Crippen LogP contribution in [-0.4, -0.2) is 16.9 Å². The average molecular weight is 342 g/mol. The molecule has 0 amide bonds. The number of hydrogen-bond acceptors (Lipinski definition) is 4. The highest BCUT2D eigenvalue weighted by molar-refractivity contribution is 7.99. The fourth-order valence-corrected chi connectivity index (χ4v) is 2.67. The molecule has 0 atom stereocenters. The summed E-state index contributed by atoms with van der Waals surface area (Å²) in [7, 11) is 0. The van der Waals surface area contributed by atoms with Crippen LogP contribution in [0.3, 0.4) is 0 Å². The second-order valence-electron chi connectivity index (χ2n) is 4.68. The van der Waals surface area contributed by atoms with Gasteiger partial charge in [-0.3, -0.25) is 10.1 Å². The van der Waals surface area contributed by atoms with Gasteiger partial charge in [0.15, 0.2) is 0 Å². The third-order valence-electron chi connectivity index (χ3n) is 2.88. The van der Waals surface area contributed by atoms with Gasteiger partial charge in [0.05, 0.1) is 10.7 Å². The van der Waals surface area contributed by atoms with Crippen LogP contribution in [0.25, 0.3) is 0 Å². The Bertz CT molecular complexity index is 692. The number of para-hydroxylation sites is 1. The number of benzene rings is 2. The van der Waals surface area contributed by atoms with E-state index < -0.39 is 16.9 Å². The van der Waals surface area contributed by atoms with Gasteiger partial charge in [-0.05, 0) is 17.7 Å². The van der Waals surface area contributed by atoms with Crippen molar-refractivity contribution in [3.05, 3.63) is 64.2 Å². The van der Waals surface area contributed by atoms with Crippen LogP contribution in [0.1, 0.15) is 5.56 Å². The first-order chi connectivity index (χ1) is 10.8. The molecule has 4 nitrogen and oxygen atoms in total. The Morgan fingerprint density at radius 3 is 2.57 bits per heavy atom. The molecule has 0 aliphatic rings. The monoisotopic (exact) mass is 342 g/mol. The number of alkyl halides is 3. The maximum Gasteiger partial charge on any atom is 0.398 e. The van der Waals surface area contributed by atoms with E-state index in [-0.39, 0.29) is 12.2 Å². The molecule has 2 rings (SSSR count). The number of hydrogen-bond donors (Lipinski definition) is 1. The third kappa shape index (κ3) is 5.48. The number of non-ortho nitro benzene ring substituents is 1. The SMILES string of the molecule is O=[N+]([O-])c1cccc(CNc2ccccc2SCC(F)(F)F)c1. The molecule has 8 heteroatoms. The van der Waals surface area contributed by atoms with Gasteiger partial charge < -0.3 is 5.32 Å². The van der Waals surface area contributed by atoms with Crippen molar-refractivity contribution in [2.24, 2.45) is 0 Å². The summed E-state index contributed by atoms with van der Waals surface area (Å²) < 4.78 is 37.0. The number of anilines is 1. The minimum absolute atomic E-state index is 0.0240. The van der Waals surface area contributed by atoms with Gasteiger partial charge in [-0.2, -0.15) is 13.2 Å². The highest BCUT2D eigenvalue weighted by atomic mass is 32.2. The minimum atomic E-state index is -4.24. The highest BCUT2D eigenvalue weighted by Crippen LogP contribution is 2.32. The third-order valence-corrected chi connectivity index (χ3v) is 4.02. The van der Waals surface area contributed by atoms with Crippen molar-refractivity contribution >= 4 is 23.1 Å². The first-order valence-electron chi connectivity index (χ1n) is 6.61. The van der Waals surface area contributed by atoms with Gasteiger partial charge in [0.1, 0.15) is 0 Å².